The second kappa shape index (κ2) is 14.6. The molecule has 0 heterocycles. The molecule has 246 valence electrons. The average Bonchev–Trinajstić information content (AvgIpc) is 3.03. The van der Waals surface area contributed by atoms with Gasteiger partial charge in [0.15, 0.2) is 15.4 Å². The molecule has 0 unspecified atom stereocenters. The Morgan fingerprint density at radius 1 is 0.872 bits per heavy atom. The number of carbonyl (C=O) groups excluding carboxylic acids is 1. The Labute approximate surface area is 268 Å². The molecule has 0 aliphatic carbocycles. The molecule has 0 aliphatic heterocycles. The summed E-state index contributed by atoms with van der Waals surface area (Å²) in [6, 6.07) is 24.0. The van der Waals surface area contributed by atoms with Crippen molar-refractivity contribution >= 4 is 29.3 Å². The smallest absolute Gasteiger partial charge is 0.324 e. The normalized spacial score (nSPS) is 13.4. The highest BCUT2D eigenvalue weighted by atomic mass is 32.2. The van der Waals surface area contributed by atoms with Crippen molar-refractivity contribution in [3.63, 3.8) is 0 Å². The molecule has 0 saturated carbocycles. The maximum atomic E-state index is 14.2. The highest BCUT2D eigenvalue weighted by Crippen LogP contribution is 2.54. The van der Waals surface area contributed by atoms with E-state index in [0.717, 1.165) is 43.3 Å². The van der Waals surface area contributed by atoms with Crippen LogP contribution in [0.1, 0.15) is 29.2 Å². The van der Waals surface area contributed by atoms with Crippen molar-refractivity contribution < 1.29 is 48.9 Å². The zero-order chi connectivity index (χ0) is 34.3. The van der Waals surface area contributed by atoms with Gasteiger partial charge in [-0.3, -0.25) is 18.4 Å². The second-order valence-corrected chi connectivity index (χ2v) is 13.9. The molecule has 9 nitrogen and oxygen atoms in total. The summed E-state index contributed by atoms with van der Waals surface area (Å²) in [4.78, 5) is 13.4. The summed E-state index contributed by atoms with van der Waals surface area (Å²) < 4.78 is 112. The number of phosphoric ester groups is 1. The lowest BCUT2D eigenvalue weighted by atomic mass is 10.1. The number of nitrogens with zero attached hydrogens (tertiary/aromatic N) is 1. The number of rotatable bonds is 13. The van der Waals surface area contributed by atoms with Gasteiger partial charge in [0.2, 0.25) is 0 Å². The van der Waals surface area contributed by atoms with Crippen LogP contribution in [0.3, 0.4) is 0 Å². The fourth-order valence-electron chi connectivity index (χ4n) is 4.23. The van der Waals surface area contributed by atoms with E-state index in [4.69, 9.17) is 18.8 Å². The van der Waals surface area contributed by atoms with Gasteiger partial charge < -0.3 is 5.32 Å². The number of benzene rings is 4. The van der Waals surface area contributed by atoms with Crippen LogP contribution in [0.15, 0.2) is 108 Å². The first-order valence-electron chi connectivity index (χ1n) is 13.7. The quantitative estimate of drug-likeness (QED) is 0.0870. The summed E-state index contributed by atoms with van der Waals surface area (Å²) >= 11 is 0. The van der Waals surface area contributed by atoms with Crippen LogP contribution in [0, 0.1) is 17.1 Å². The van der Waals surface area contributed by atoms with Crippen LogP contribution in [0.2, 0.25) is 0 Å². The van der Waals surface area contributed by atoms with Gasteiger partial charge >= 0.3 is 14.0 Å². The largest absolute Gasteiger partial charge is 0.476 e. The van der Waals surface area contributed by atoms with Crippen molar-refractivity contribution in [2.24, 2.45) is 0 Å². The van der Waals surface area contributed by atoms with Gasteiger partial charge in [-0.25, -0.2) is 17.4 Å². The maximum absolute atomic E-state index is 14.2. The molecule has 0 spiro atoms. The van der Waals surface area contributed by atoms with E-state index >= 15 is 0 Å². The number of amides is 1. The first-order chi connectivity index (χ1) is 22.1. The molecule has 1 atom stereocenters. The molecule has 4 aromatic carbocycles. The number of hydrogen-bond acceptors (Lipinski definition) is 8. The molecule has 4 rings (SSSR count). The van der Waals surface area contributed by atoms with Crippen LogP contribution in [0.5, 0.6) is 0 Å². The third-order valence-electron chi connectivity index (χ3n) is 6.60. The van der Waals surface area contributed by atoms with Crippen molar-refractivity contribution in [2.45, 2.75) is 36.8 Å². The summed E-state index contributed by atoms with van der Waals surface area (Å²) in [6.07, 6.45) is -4.97. The Bertz CT molecular complexity index is 1860. The third-order valence-corrected chi connectivity index (χ3v) is 10.0. The van der Waals surface area contributed by atoms with Gasteiger partial charge in [-0.2, -0.15) is 18.4 Å². The second-order valence-electron chi connectivity index (χ2n) is 10.3. The molecular formula is C32H27F4N2O7PS. The first-order valence-corrected chi connectivity index (χ1v) is 16.8. The van der Waals surface area contributed by atoms with Gasteiger partial charge in [0, 0.05) is 5.69 Å². The van der Waals surface area contributed by atoms with Gasteiger partial charge in [0.25, 0.3) is 5.91 Å². The van der Waals surface area contributed by atoms with Crippen LogP contribution in [0.25, 0.3) is 0 Å². The third kappa shape index (κ3) is 9.57. The Morgan fingerprint density at radius 2 is 1.40 bits per heavy atom. The van der Waals surface area contributed by atoms with Crippen molar-refractivity contribution in [1.29, 1.82) is 5.26 Å². The number of nitrogens with one attached hydrogen (secondary N) is 1. The summed E-state index contributed by atoms with van der Waals surface area (Å²) in [5, 5.41) is 11.3. The summed E-state index contributed by atoms with van der Waals surface area (Å²) in [5.74, 6) is -3.31. The van der Waals surface area contributed by atoms with Crippen molar-refractivity contribution in [2.75, 3.05) is 11.1 Å². The Morgan fingerprint density at radius 3 is 1.89 bits per heavy atom. The van der Waals surface area contributed by atoms with Gasteiger partial charge in [-0.15, -0.1) is 0 Å². The van der Waals surface area contributed by atoms with Crippen LogP contribution in [-0.4, -0.2) is 25.7 Å². The fraction of sp³-hybridized carbons (Fsp3) is 0.188. The van der Waals surface area contributed by atoms with Crippen molar-refractivity contribution in [1.82, 2.24) is 0 Å². The number of carbonyl (C=O) groups is 1. The standard InChI is InChI=1S/C32H27F4N2O7PS/c1-31(22-47(41,42)28-16-13-26(33)14-17-28,30(39)38-27-15-12-25(19-37)29(18-27)32(34,35)36)45-46(40,43-20-23-8-4-2-5-9-23)44-21-24-10-6-3-7-11-24/h2-18H,20-22H2,1H3,(H,38,39)/t31-/m0/s1. The molecule has 1 amide bonds. The van der Waals surface area contributed by atoms with E-state index in [1.807, 2.05) is 0 Å². The van der Waals surface area contributed by atoms with E-state index in [1.165, 1.54) is 6.07 Å². The van der Waals surface area contributed by atoms with E-state index in [2.05, 4.69) is 5.32 Å². The molecule has 0 bridgehead atoms. The molecule has 0 saturated heterocycles. The van der Waals surface area contributed by atoms with E-state index in [9.17, 15) is 35.3 Å². The molecule has 0 radical (unpaired) electrons. The Hall–Kier alpha value is -4.38. The van der Waals surface area contributed by atoms with Crippen LogP contribution in [-0.2, 0) is 52.2 Å². The lowest BCUT2D eigenvalue weighted by Gasteiger charge is -2.31. The predicted octanol–water partition coefficient (Wildman–Crippen LogP) is 7.45. The number of nitriles is 1. The van der Waals surface area contributed by atoms with Crippen LogP contribution >= 0.6 is 7.82 Å². The zero-order valence-electron chi connectivity index (χ0n) is 24.6. The molecule has 47 heavy (non-hydrogen) atoms. The molecule has 0 aromatic heterocycles. The molecular weight excluding hydrogens is 663 g/mol. The van der Waals surface area contributed by atoms with Crippen molar-refractivity contribution in [3.05, 3.63) is 131 Å². The average molecular weight is 691 g/mol. The predicted molar refractivity (Wildman–Crippen MR) is 163 cm³/mol. The van der Waals surface area contributed by atoms with Crippen molar-refractivity contribution in [3.8, 4) is 6.07 Å². The number of anilines is 1. The summed E-state index contributed by atoms with van der Waals surface area (Å²) in [5.41, 5.74) is -4.17. The fourth-order valence-corrected chi connectivity index (χ4v) is 7.39. The van der Waals surface area contributed by atoms with E-state index in [1.54, 1.807) is 60.7 Å². The molecule has 15 heteroatoms. The lowest BCUT2D eigenvalue weighted by Crippen LogP contribution is -2.47. The number of halogens is 4. The van der Waals surface area contributed by atoms with Gasteiger partial charge in [-0.05, 0) is 60.5 Å². The summed E-state index contributed by atoms with van der Waals surface area (Å²) in [7, 11) is -9.40. The molecule has 1 N–H and O–H groups in total. The minimum Gasteiger partial charge on any atom is -0.324 e. The molecule has 0 aliphatic rings. The number of sulfone groups is 1. The Balaban J connectivity index is 1.74. The lowest BCUT2D eigenvalue weighted by molar-refractivity contribution is -0.137. The van der Waals surface area contributed by atoms with E-state index in [-0.39, 0.29) is 13.2 Å². The summed E-state index contributed by atoms with van der Waals surface area (Å²) in [6.45, 7) is 0.224. The molecule has 4 aromatic rings. The zero-order valence-corrected chi connectivity index (χ0v) is 26.3. The van der Waals surface area contributed by atoms with E-state index < -0.39 is 68.6 Å². The van der Waals surface area contributed by atoms with Gasteiger partial charge in [0.1, 0.15) is 5.82 Å². The minimum absolute atomic E-state index is 0.361. The van der Waals surface area contributed by atoms with E-state index in [0.29, 0.717) is 17.2 Å². The number of hydrogen-bond donors (Lipinski definition) is 1. The monoisotopic (exact) mass is 690 g/mol. The van der Waals surface area contributed by atoms with Crippen LogP contribution < -0.4 is 5.32 Å². The highest BCUT2D eigenvalue weighted by molar-refractivity contribution is 7.91. The SMILES string of the molecule is C[C@@](CS(=O)(=O)c1ccc(F)cc1)(OP(=O)(OCc1ccccc1)OCc1ccccc1)C(=O)Nc1ccc(C#N)c(C(F)(F)F)c1. The highest BCUT2D eigenvalue weighted by Gasteiger charge is 2.47. The van der Waals surface area contributed by atoms with Gasteiger partial charge in [0.05, 0.1) is 41.1 Å². The van der Waals surface area contributed by atoms with Gasteiger partial charge in [-0.1, -0.05) is 60.7 Å². The maximum Gasteiger partial charge on any atom is 0.476 e. The molecule has 0 fully saturated rings. The topological polar surface area (TPSA) is 132 Å². The first kappa shape index (κ1) is 35.5. The Kier molecular flexibility index (Phi) is 11.0. The minimum atomic E-state index is -4.97. The number of phosphoric acid groups is 1. The number of alkyl halides is 3. The van der Waals surface area contributed by atoms with Crippen LogP contribution in [0.4, 0.5) is 23.2 Å².